The van der Waals surface area contributed by atoms with Gasteiger partial charge in [-0.15, -0.1) is 0 Å². The van der Waals surface area contributed by atoms with Crippen molar-refractivity contribution in [3.05, 3.63) is 23.9 Å². The third-order valence-electron chi connectivity index (χ3n) is 3.05. The Kier molecular flexibility index (Phi) is 3.97. The summed E-state index contributed by atoms with van der Waals surface area (Å²) in [5, 5.41) is 5.22. The van der Waals surface area contributed by atoms with Crippen LogP contribution in [0.2, 0.25) is 0 Å². The number of imide groups is 1. The monoisotopic (exact) mass is 276 g/mol. The third-order valence-corrected chi connectivity index (χ3v) is 3.05. The highest BCUT2D eigenvalue weighted by molar-refractivity contribution is 6.07. The van der Waals surface area contributed by atoms with E-state index in [1.165, 1.54) is 11.1 Å². The van der Waals surface area contributed by atoms with Crippen molar-refractivity contribution in [2.75, 3.05) is 18.4 Å². The average Bonchev–Trinajstić information content (AvgIpc) is 2.43. The van der Waals surface area contributed by atoms with Crippen molar-refractivity contribution in [2.45, 2.75) is 19.9 Å². The zero-order chi connectivity index (χ0) is 14.7. The van der Waals surface area contributed by atoms with Crippen LogP contribution in [0.5, 0.6) is 0 Å². The fourth-order valence-electron chi connectivity index (χ4n) is 1.93. The minimum absolute atomic E-state index is 0.124. The molecule has 106 valence electrons. The normalized spacial score (nSPS) is 18.7. The maximum absolute atomic E-state index is 12.3. The number of nitrogens with one attached hydrogen (secondary N) is 2. The third kappa shape index (κ3) is 2.76. The molecule has 0 saturated carbocycles. The van der Waals surface area contributed by atoms with Crippen LogP contribution < -0.4 is 10.6 Å². The molecule has 1 atom stereocenters. The molecular weight excluding hydrogens is 260 g/mol. The standard InChI is InChI=1S/C13H16N4O3/c1-3-14-10-5-4-9(6-15-10)13(20)17-7-11(18)16-12(19)8(17)2/h4-6,8H,3,7H2,1-2H3,(H,14,15)(H,16,18,19). The number of piperazine rings is 1. The van der Waals surface area contributed by atoms with E-state index < -0.39 is 17.9 Å². The van der Waals surface area contributed by atoms with Gasteiger partial charge in [-0.2, -0.15) is 0 Å². The number of carbonyl (C=O) groups excluding carboxylic acids is 3. The maximum atomic E-state index is 12.3. The minimum Gasteiger partial charge on any atom is -0.370 e. The average molecular weight is 276 g/mol. The van der Waals surface area contributed by atoms with Crippen LogP contribution in [0.1, 0.15) is 24.2 Å². The molecule has 1 unspecified atom stereocenters. The fraction of sp³-hybridized carbons (Fsp3) is 0.385. The van der Waals surface area contributed by atoms with Crippen LogP contribution in [0.3, 0.4) is 0 Å². The molecule has 20 heavy (non-hydrogen) atoms. The number of carbonyl (C=O) groups is 3. The lowest BCUT2D eigenvalue weighted by atomic mass is 10.1. The molecule has 0 aliphatic carbocycles. The summed E-state index contributed by atoms with van der Waals surface area (Å²) >= 11 is 0. The summed E-state index contributed by atoms with van der Waals surface area (Å²) < 4.78 is 0. The lowest BCUT2D eigenvalue weighted by molar-refractivity contribution is -0.138. The van der Waals surface area contributed by atoms with E-state index in [4.69, 9.17) is 0 Å². The van der Waals surface area contributed by atoms with E-state index in [0.717, 1.165) is 6.54 Å². The first-order chi connectivity index (χ1) is 9.52. The van der Waals surface area contributed by atoms with Gasteiger partial charge in [0, 0.05) is 12.7 Å². The van der Waals surface area contributed by atoms with E-state index >= 15 is 0 Å². The molecule has 3 amide bonds. The van der Waals surface area contributed by atoms with Crippen LogP contribution in [0, 0.1) is 0 Å². The first-order valence-corrected chi connectivity index (χ1v) is 6.37. The SMILES string of the molecule is CCNc1ccc(C(=O)N2CC(=O)NC(=O)C2C)cn1. The predicted octanol–water partition coefficient (Wildman–Crippen LogP) is 0.000500. The number of pyridine rings is 1. The van der Waals surface area contributed by atoms with Gasteiger partial charge in [-0.05, 0) is 26.0 Å². The molecule has 1 aromatic heterocycles. The van der Waals surface area contributed by atoms with E-state index in [-0.39, 0.29) is 12.5 Å². The maximum Gasteiger partial charge on any atom is 0.256 e. The van der Waals surface area contributed by atoms with Gasteiger partial charge in [0.15, 0.2) is 0 Å². The van der Waals surface area contributed by atoms with Crippen molar-refractivity contribution in [1.82, 2.24) is 15.2 Å². The first kappa shape index (κ1) is 14.0. The largest absolute Gasteiger partial charge is 0.370 e. The summed E-state index contributed by atoms with van der Waals surface area (Å²) in [6, 6.07) is 2.64. The zero-order valence-corrected chi connectivity index (χ0v) is 11.3. The number of rotatable bonds is 3. The van der Waals surface area contributed by atoms with Crippen molar-refractivity contribution in [1.29, 1.82) is 0 Å². The lowest BCUT2D eigenvalue weighted by Gasteiger charge is -2.31. The smallest absolute Gasteiger partial charge is 0.256 e. The minimum atomic E-state index is -0.673. The van der Waals surface area contributed by atoms with Crippen LogP contribution in [0.4, 0.5) is 5.82 Å². The van der Waals surface area contributed by atoms with Gasteiger partial charge in [-0.1, -0.05) is 0 Å². The summed E-state index contributed by atoms with van der Waals surface area (Å²) in [5.41, 5.74) is 0.348. The van der Waals surface area contributed by atoms with E-state index in [1.54, 1.807) is 19.1 Å². The molecule has 1 fully saturated rings. The van der Waals surface area contributed by atoms with Crippen molar-refractivity contribution in [3.8, 4) is 0 Å². The summed E-state index contributed by atoms with van der Waals surface area (Å²) in [7, 11) is 0. The van der Waals surface area contributed by atoms with E-state index in [2.05, 4.69) is 15.6 Å². The van der Waals surface area contributed by atoms with Gasteiger partial charge >= 0.3 is 0 Å². The molecule has 0 spiro atoms. The molecule has 1 aliphatic rings. The van der Waals surface area contributed by atoms with Crippen LogP contribution in [-0.2, 0) is 9.59 Å². The molecule has 1 saturated heterocycles. The summed E-state index contributed by atoms with van der Waals surface area (Å²) in [5.74, 6) is -0.647. The van der Waals surface area contributed by atoms with Gasteiger partial charge in [0.2, 0.25) is 11.8 Å². The number of aromatic nitrogens is 1. The van der Waals surface area contributed by atoms with Crippen molar-refractivity contribution >= 4 is 23.5 Å². The molecule has 0 radical (unpaired) electrons. The van der Waals surface area contributed by atoms with Crippen LogP contribution in [0.25, 0.3) is 0 Å². The van der Waals surface area contributed by atoms with Crippen molar-refractivity contribution in [2.24, 2.45) is 0 Å². The van der Waals surface area contributed by atoms with Gasteiger partial charge in [0.25, 0.3) is 5.91 Å². The molecule has 2 N–H and O–H groups in total. The summed E-state index contributed by atoms with van der Waals surface area (Å²) in [4.78, 5) is 40.5. The van der Waals surface area contributed by atoms with Crippen molar-refractivity contribution in [3.63, 3.8) is 0 Å². The van der Waals surface area contributed by atoms with Gasteiger partial charge in [0.1, 0.15) is 18.4 Å². The summed E-state index contributed by atoms with van der Waals surface area (Å²) in [6.45, 7) is 4.14. The van der Waals surface area contributed by atoms with Gasteiger partial charge < -0.3 is 10.2 Å². The quantitative estimate of drug-likeness (QED) is 0.758. The van der Waals surface area contributed by atoms with Gasteiger partial charge in [-0.3, -0.25) is 19.7 Å². The molecule has 0 aromatic carbocycles. The van der Waals surface area contributed by atoms with Crippen LogP contribution in [0.15, 0.2) is 18.3 Å². The second kappa shape index (κ2) is 5.68. The Labute approximate surface area is 116 Å². The van der Waals surface area contributed by atoms with E-state index in [9.17, 15) is 14.4 Å². The Hall–Kier alpha value is -2.44. The molecule has 7 nitrogen and oxygen atoms in total. The Morgan fingerprint density at radius 1 is 1.50 bits per heavy atom. The van der Waals surface area contributed by atoms with Crippen molar-refractivity contribution < 1.29 is 14.4 Å². The Morgan fingerprint density at radius 3 is 2.85 bits per heavy atom. The highest BCUT2D eigenvalue weighted by Gasteiger charge is 2.33. The number of hydrogen-bond donors (Lipinski definition) is 2. The molecule has 0 bridgehead atoms. The molecular formula is C13H16N4O3. The molecule has 1 aromatic rings. The predicted molar refractivity (Wildman–Crippen MR) is 72.0 cm³/mol. The Morgan fingerprint density at radius 2 is 2.25 bits per heavy atom. The van der Waals surface area contributed by atoms with Crippen LogP contribution >= 0.6 is 0 Å². The van der Waals surface area contributed by atoms with Gasteiger partial charge in [0.05, 0.1) is 5.56 Å². The number of hydrogen-bond acceptors (Lipinski definition) is 5. The molecule has 1 aliphatic heterocycles. The number of anilines is 1. The topological polar surface area (TPSA) is 91.4 Å². The fourth-order valence-corrected chi connectivity index (χ4v) is 1.93. The number of nitrogens with zero attached hydrogens (tertiary/aromatic N) is 2. The van der Waals surface area contributed by atoms with E-state index in [0.29, 0.717) is 11.4 Å². The highest BCUT2D eigenvalue weighted by atomic mass is 16.2. The second-order valence-corrected chi connectivity index (χ2v) is 4.48. The second-order valence-electron chi connectivity index (χ2n) is 4.48. The van der Waals surface area contributed by atoms with E-state index in [1.807, 2.05) is 6.92 Å². The lowest BCUT2D eigenvalue weighted by Crippen LogP contribution is -2.58. The Bertz CT molecular complexity index is 541. The first-order valence-electron chi connectivity index (χ1n) is 6.37. The molecule has 2 heterocycles. The zero-order valence-electron chi connectivity index (χ0n) is 11.3. The summed E-state index contributed by atoms with van der Waals surface area (Å²) in [6.07, 6.45) is 1.43. The number of amides is 3. The van der Waals surface area contributed by atoms with Gasteiger partial charge in [-0.25, -0.2) is 4.98 Å². The Balaban J connectivity index is 2.17. The molecule has 2 rings (SSSR count). The highest BCUT2D eigenvalue weighted by Crippen LogP contribution is 2.12. The molecule has 7 heteroatoms. The van der Waals surface area contributed by atoms with Crippen LogP contribution in [-0.4, -0.2) is 46.7 Å².